The fourth-order valence-electron chi connectivity index (χ4n) is 1.98. The van der Waals surface area contributed by atoms with Gasteiger partial charge in [0.05, 0.1) is 11.1 Å². The Morgan fingerprint density at radius 3 is 2.52 bits per heavy atom. The van der Waals surface area contributed by atoms with Gasteiger partial charge >= 0.3 is 0 Å². The molecule has 0 saturated carbocycles. The maximum absolute atomic E-state index is 12.6. The minimum absolute atomic E-state index is 0.0915. The molecule has 0 heterocycles. The zero-order valence-electron chi connectivity index (χ0n) is 11.4. The second kappa shape index (κ2) is 7.24. The third-order valence-electron chi connectivity index (χ3n) is 3.24. The Labute approximate surface area is 155 Å². The molecule has 0 fully saturated rings. The molecule has 2 aromatic carbocycles. The van der Waals surface area contributed by atoms with E-state index in [4.69, 9.17) is 0 Å². The van der Waals surface area contributed by atoms with E-state index in [1.54, 1.807) is 0 Å². The highest BCUT2D eigenvalue weighted by atomic mass is 127. The first kappa shape index (κ1) is 17.0. The Hall–Kier alpha value is -0.400. The maximum Gasteiger partial charge on any atom is 0.253 e. The summed E-state index contributed by atoms with van der Waals surface area (Å²) in [5.41, 5.74) is 1.25. The summed E-state index contributed by atoms with van der Waals surface area (Å²) in [6, 6.07) is 15.7. The SMILES string of the molecule is CC(CBr)(NC(=O)c1cc(I)ccc1Br)c1ccccc1. The van der Waals surface area contributed by atoms with Crippen LogP contribution in [0.1, 0.15) is 22.8 Å². The van der Waals surface area contributed by atoms with E-state index in [-0.39, 0.29) is 5.91 Å². The van der Waals surface area contributed by atoms with Gasteiger partial charge in [-0.3, -0.25) is 4.79 Å². The molecule has 1 atom stereocenters. The van der Waals surface area contributed by atoms with Crippen molar-refractivity contribution >= 4 is 60.4 Å². The summed E-state index contributed by atoms with van der Waals surface area (Å²) < 4.78 is 1.83. The van der Waals surface area contributed by atoms with Crippen molar-refractivity contribution in [2.75, 3.05) is 5.33 Å². The highest BCUT2D eigenvalue weighted by molar-refractivity contribution is 14.1. The molecule has 0 radical (unpaired) electrons. The number of carbonyl (C=O) groups excluding carboxylic acids is 1. The molecule has 0 aliphatic rings. The summed E-state index contributed by atoms with van der Waals surface area (Å²) in [4.78, 5) is 12.6. The molecule has 0 aliphatic carbocycles. The Kier molecular flexibility index (Phi) is 5.85. The number of nitrogens with one attached hydrogen (secondary N) is 1. The van der Waals surface area contributed by atoms with E-state index in [2.05, 4.69) is 59.8 Å². The van der Waals surface area contributed by atoms with Crippen molar-refractivity contribution in [3.05, 3.63) is 67.7 Å². The molecule has 2 aromatic rings. The first-order valence-corrected chi connectivity index (χ1v) is 9.34. The number of rotatable bonds is 4. The van der Waals surface area contributed by atoms with Gasteiger partial charge in [-0.2, -0.15) is 0 Å². The van der Waals surface area contributed by atoms with E-state index in [1.807, 2.05) is 55.5 Å². The number of carbonyl (C=O) groups is 1. The maximum atomic E-state index is 12.6. The normalized spacial score (nSPS) is 13.5. The number of benzene rings is 2. The van der Waals surface area contributed by atoms with Crippen LogP contribution in [0.2, 0.25) is 0 Å². The third-order valence-corrected chi connectivity index (χ3v) is 5.72. The Bertz CT molecular complexity index is 648. The van der Waals surface area contributed by atoms with E-state index in [0.29, 0.717) is 10.9 Å². The molecule has 1 N–H and O–H groups in total. The molecule has 2 nitrogen and oxygen atoms in total. The van der Waals surface area contributed by atoms with E-state index < -0.39 is 5.54 Å². The second-order valence-corrected chi connectivity index (χ2v) is 7.57. The van der Waals surface area contributed by atoms with Crippen LogP contribution in [0.15, 0.2) is 53.0 Å². The quantitative estimate of drug-likeness (QED) is 0.440. The average Bonchev–Trinajstić information content (AvgIpc) is 2.50. The summed E-state index contributed by atoms with van der Waals surface area (Å²) in [5.74, 6) is -0.0915. The molecule has 0 spiro atoms. The van der Waals surface area contributed by atoms with Crippen LogP contribution in [0.4, 0.5) is 0 Å². The highest BCUT2D eigenvalue weighted by Crippen LogP contribution is 2.25. The van der Waals surface area contributed by atoms with Crippen molar-refractivity contribution in [1.82, 2.24) is 5.32 Å². The lowest BCUT2D eigenvalue weighted by Gasteiger charge is -2.29. The average molecular weight is 523 g/mol. The summed E-state index contributed by atoms with van der Waals surface area (Å²) in [6.07, 6.45) is 0. The molecule has 21 heavy (non-hydrogen) atoms. The number of hydrogen-bond donors (Lipinski definition) is 1. The zero-order chi connectivity index (χ0) is 15.5. The number of alkyl halides is 1. The number of halogens is 3. The van der Waals surface area contributed by atoms with Crippen molar-refractivity contribution < 1.29 is 4.79 Å². The summed E-state index contributed by atoms with van der Waals surface area (Å²) in [7, 11) is 0. The van der Waals surface area contributed by atoms with Crippen molar-refractivity contribution in [2.45, 2.75) is 12.5 Å². The van der Waals surface area contributed by atoms with Crippen molar-refractivity contribution in [3.63, 3.8) is 0 Å². The van der Waals surface area contributed by atoms with E-state index in [0.717, 1.165) is 13.6 Å². The lowest BCUT2D eigenvalue weighted by molar-refractivity contribution is 0.0913. The largest absolute Gasteiger partial charge is 0.342 e. The zero-order valence-corrected chi connectivity index (χ0v) is 16.7. The molecular formula is C16H14Br2INO. The van der Waals surface area contributed by atoms with Gasteiger partial charge in [-0.25, -0.2) is 0 Å². The predicted molar refractivity (Wildman–Crippen MR) is 102 cm³/mol. The molecule has 0 saturated heterocycles. The van der Waals surface area contributed by atoms with Gasteiger partial charge in [0.15, 0.2) is 0 Å². The van der Waals surface area contributed by atoms with Gasteiger partial charge in [-0.15, -0.1) is 0 Å². The van der Waals surface area contributed by atoms with Crippen molar-refractivity contribution in [1.29, 1.82) is 0 Å². The van der Waals surface area contributed by atoms with Crippen LogP contribution in [0.25, 0.3) is 0 Å². The summed E-state index contributed by atoms with van der Waals surface area (Å²) >= 11 is 9.16. The van der Waals surface area contributed by atoms with Crippen LogP contribution in [-0.2, 0) is 5.54 Å². The van der Waals surface area contributed by atoms with Gasteiger partial charge < -0.3 is 5.32 Å². The number of amides is 1. The van der Waals surface area contributed by atoms with Crippen molar-refractivity contribution in [2.24, 2.45) is 0 Å². The molecule has 0 bridgehead atoms. The summed E-state index contributed by atoms with van der Waals surface area (Å²) in [5, 5.41) is 3.76. The van der Waals surface area contributed by atoms with Crippen LogP contribution >= 0.6 is 54.5 Å². The van der Waals surface area contributed by atoms with Gasteiger partial charge in [0.1, 0.15) is 0 Å². The van der Waals surface area contributed by atoms with Gasteiger partial charge in [0.2, 0.25) is 0 Å². The molecule has 1 amide bonds. The van der Waals surface area contributed by atoms with E-state index in [1.165, 1.54) is 0 Å². The fraction of sp³-hybridized carbons (Fsp3) is 0.188. The molecule has 0 aromatic heterocycles. The number of hydrogen-bond acceptors (Lipinski definition) is 1. The van der Waals surface area contributed by atoms with Gasteiger partial charge in [-0.1, -0.05) is 46.3 Å². The van der Waals surface area contributed by atoms with Gasteiger partial charge in [0, 0.05) is 13.4 Å². The molecule has 110 valence electrons. The van der Waals surface area contributed by atoms with E-state index in [9.17, 15) is 4.79 Å². The fourth-order valence-corrected chi connectivity index (χ4v) is 3.36. The smallest absolute Gasteiger partial charge is 0.253 e. The predicted octanol–water partition coefficient (Wildman–Crippen LogP) is 5.09. The standard InChI is InChI=1S/C16H14Br2INO/c1-16(10-17,11-5-3-2-4-6-11)20-15(21)13-9-12(19)7-8-14(13)18/h2-9H,10H2,1H3,(H,20,21). The molecule has 1 unspecified atom stereocenters. The van der Waals surface area contributed by atoms with Gasteiger partial charge in [-0.05, 0) is 69.2 Å². The van der Waals surface area contributed by atoms with Crippen LogP contribution < -0.4 is 5.32 Å². The highest BCUT2D eigenvalue weighted by Gasteiger charge is 2.28. The van der Waals surface area contributed by atoms with Crippen LogP contribution in [0, 0.1) is 3.57 Å². The first-order chi connectivity index (χ1) is 9.96. The molecule has 5 heteroatoms. The molecular weight excluding hydrogens is 509 g/mol. The molecule has 0 aliphatic heterocycles. The second-order valence-electron chi connectivity index (χ2n) is 4.91. The minimum Gasteiger partial charge on any atom is -0.342 e. The Balaban J connectivity index is 2.30. The van der Waals surface area contributed by atoms with E-state index >= 15 is 0 Å². The lowest BCUT2D eigenvalue weighted by Crippen LogP contribution is -2.45. The van der Waals surface area contributed by atoms with Gasteiger partial charge in [0.25, 0.3) is 5.91 Å². The van der Waals surface area contributed by atoms with Crippen LogP contribution in [0.3, 0.4) is 0 Å². The minimum atomic E-state index is -0.459. The molecule has 2 rings (SSSR count). The topological polar surface area (TPSA) is 29.1 Å². The van der Waals surface area contributed by atoms with Crippen LogP contribution in [-0.4, -0.2) is 11.2 Å². The Morgan fingerprint density at radius 2 is 1.90 bits per heavy atom. The summed E-state index contributed by atoms with van der Waals surface area (Å²) in [6.45, 7) is 2.01. The lowest BCUT2D eigenvalue weighted by atomic mass is 9.94. The Morgan fingerprint density at radius 1 is 1.24 bits per heavy atom. The monoisotopic (exact) mass is 521 g/mol. The first-order valence-electron chi connectivity index (χ1n) is 6.35. The van der Waals surface area contributed by atoms with Crippen LogP contribution in [0.5, 0.6) is 0 Å². The van der Waals surface area contributed by atoms with Crippen molar-refractivity contribution in [3.8, 4) is 0 Å². The third kappa shape index (κ3) is 4.07.